The summed E-state index contributed by atoms with van der Waals surface area (Å²) < 4.78 is 0. The van der Waals surface area contributed by atoms with E-state index in [4.69, 9.17) is 0 Å². The van der Waals surface area contributed by atoms with Gasteiger partial charge in [0.25, 0.3) is 0 Å². The Bertz CT molecular complexity index is 910. The van der Waals surface area contributed by atoms with E-state index in [1.54, 1.807) is 0 Å². The minimum absolute atomic E-state index is 0. The average molecular weight is 674 g/mol. The van der Waals surface area contributed by atoms with E-state index in [1.807, 2.05) is 18.9 Å². The summed E-state index contributed by atoms with van der Waals surface area (Å²) in [7, 11) is 3.19. The summed E-state index contributed by atoms with van der Waals surface area (Å²) in [6, 6.07) is -0.147. The average Bonchev–Trinajstić information content (AvgIpc) is 3.31. The maximum atomic E-state index is 11.3. The molecule has 11 nitrogen and oxygen atoms in total. The Morgan fingerprint density at radius 2 is 1.67 bits per heavy atom. The standard InChI is InChI=1S/C10H17NO.C9H13N2O4.C6H11NO.C5H10.C4H9N.K/c1-2-11-9(12)8-6-10(7-8)4-3-5-10;1-11(15)7(8(13)5-12)4-6-2-3-10-9(6)14;1-6-2-3-7(4-6)5-8;1-2-4-5-3-1;1-5-4-2-3-4;/h8H,2-7H2,1H3,(H,11,12);5-7H,2-4H2,1H3,(H,10,14);5-6H,2-4H2,1H3;1-5H2;4-5H,2-3H2,1H3;/q;-1;;;;+1. The van der Waals surface area contributed by atoms with Crippen LogP contribution in [0.3, 0.4) is 0 Å². The van der Waals surface area contributed by atoms with Crippen molar-refractivity contribution in [1.29, 1.82) is 0 Å². The van der Waals surface area contributed by atoms with Crippen LogP contribution in [0, 0.1) is 28.4 Å². The van der Waals surface area contributed by atoms with E-state index in [2.05, 4.69) is 22.9 Å². The fraction of sp³-hybridized carbons (Fsp3) is 0.853. The molecule has 6 aliphatic rings. The second-order valence-electron chi connectivity index (χ2n) is 13.8. The third-order valence-corrected chi connectivity index (χ3v) is 9.89. The third-order valence-electron chi connectivity index (χ3n) is 9.89. The van der Waals surface area contributed by atoms with Crippen LogP contribution in [-0.2, 0) is 24.0 Å². The van der Waals surface area contributed by atoms with Gasteiger partial charge in [-0.05, 0) is 90.1 Å². The van der Waals surface area contributed by atoms with Crippen LogP contribution in [0.5, 0.6) is 0 Å². The molecule has 3 amide bonds. The van der Waals surface area contributed by atoms with Crippen molar-refractivity contribution in [1.82, 2.24) is 25.9 Å². The van der Waals surface area contributed by atoms with Crippen molar-refractivity contribution in [2.24, 2.45) is 23.2 Å². The number of nitrogens with zero attached hydrogens (tertiary/aromatic N) is 2. The summed E-state index contributed by atoms with van der Waals surface area (Å²) in [6.07, 6.45) is 19.7. The Balaban J connectivity index is 0.000000304. The quantitative estimate of drug-likeness (QED) is 0.139. The van der Waals surface area contributed by atoms with Crippen LogP contribution >= 0.6 is 0 Å². The molecule has 4 aliphatic carbocycles. The molecule has 3 N–H and O–H groups in total. The van der Waals surface area contributed by atoms with Crippen LogP contribution in [0.4, 0.5) is 0 Å². The number of ketones is 1. The number of Topliss-reactive ketones (excluding diaryl/α,β-unsaturated/α-hetero) is 1. The van der Waals surface area contributed by atoms with E-state index in [0.717, 1.165) is 38.0 Å². The van der Waals surface area contributed by atoms with Crippen LogP contribution in [-0.4, -0.2) is 92.6 Å². The Hall–Kier alpha value is -0.734. The van der Waals surface area contributed by atoms with E-state index in [-0.39, 0.29) is 81.8 Å². The first-order valence-electron chi connectivity index (χ1n) is 17.4. The number of likely N-dealkylation sites (N-methyl/N-ethyl adjacent to an activating group) is 1. The van der Waals surface area contributed by atoms with E-state index in [1.165, 1.54) is 90.5 Å². The molecule has 4 saturated carbocycles. The minimum Gasteiger partial charge on any atom is -0.785 e. The molecule has 12 heteroatoms. The van der Waals surface area contributed by atoms with Crippen molar-refractivity contribution in [3.8, 4) is 0 Å². The number of aldehydes is 1. The van der Waals surface area contributed by atoms with Gasteiger partial charge in [-0.3, -0.25) is 24.0 Å². The second-order valence-corrected chi connectivity index (χ2v) is 13.8. The zero-order valence-electron chi connectivity index (χ0n) is 29.3. The first-order valence-corrected chi connectivity index (χ1v) is 17.4. The number of carbonyl (C=O) groups excluding carboxylic acids is 5. The molecule has 2 saturated heterocycles. The first kappa shape index (κ1) is 43.3. The van der Waals surface area contributed by atoms with Gasteiger partial charge in [0, 0.05) is 44.1 Å². The summed E-state index contributed by atoms with van der Waals surface area (Å²) in [5.74, 6) is 0.100. The number of nitrogens with one attached hydrogen (secondary N) is 3. The van der Waals surface area contributed by atoms with E-state index >= 15 is 0 Å². The van der Waals surface area contributed by atoms with Gasteiger partial charge in [0.2, 0.25) is 24.0 Å². The monoisotopic (exact) mass is 673 g/mol. The molecular weight excluding hydrogens is 614 g/mol. The topological polar surface area (TPSA) is 151 Å². The SMILES string of the molecule is C1CCCC1.CC1CCN(C=O)C1.CCNC(=O)C1CC2(CCC2)C1.CN([O-])C(CC1CCNC1=O)C(=O)C=O.CNC1CC1.[K+]. The molecule has 0 aromatic rings. The van der Waals surface area contributed by atoms with Gasteiger partial charge in [-0.2, -0.15) is 0 Å². The predicted molar refractivity (Wildman–Crippen MR) is 176 cm³/mol. The molecule has 0 bridgehead atoms. The van der Waals surface area contributed by atoms with Crippen LogP contribution in [0.1, 0.15) is 110 Å². The maximum absolute atomic E-state index is 11.3. The number of amides is 3. The third kappa shape index (κ3) is 16.1. The maximum Gasteiger partial charge on any atom is 1.00 e. The van der Waals surface area contributed by atoms with Gasteiger partial charge in [0.1, 0.15) is 0 Å². The Morgan fingerprint density at radius 3 is 1.98 bits per heavy atom. The fourth-order valence-corrected chi connectivity index (χ4v) is 6.56. The number of rotatable bonds is 9. The summed E-state index contributed by atoms with van der Waals surface area (Å²) in [5, 5.41) is 20.1. The van der Waals surface area contributed by atoms with Crippen molar-refractivity contribution in [2.75, 3.05) is 40.3 Å². The Morgan fingerprint density at radius 1 is 1.07 bits per heavy atom. The van der Waals surface area contributed by atoms with Crippen LogP contribution < -0.4 is 67.3 Å². The molecule has 2 heterocycles. The van der Waals surface area contributed by atoms with Crippen molar-refractivity contribution >= 4 is 30.3 Å². The van der Waals surface area contributed by atoms with E-state index in [9.17, 15) is 29.2 Å². The van der Waals surface area contributed by atoms with Crippen LogP contribution in [0.15, 0.2) is 0 Å². The fourth-order valence-electron chi connectivity index (χ4n) is 6.56. The minimum atomic E-state index is -1.03. The Labute approximate surface area is 319 Å². The van der Waals surface area contributed by atoms with Crippen molar-refractivity contribution in [3.63, 3.8) is 0 Å². The number of likely N-dealkylation sites (tertiary alicyclic amines) is 1. The number of hydrogen-bond donors (Lipinski definition) is 3. The molecule has 3 unspecified atom stereocenters. The largest absolute Gasteiger partial charge is 1.00 e. The second kappa shape index (κ2) is 23.6. The molecule has 2 aliphatic heterocycles. The zero-order chi connectivity index (χ0) is 33.2. The van der Waals surface area contributed by atoms with Crippen molar-refractivity contribution < 1.29 is 75.4 Å². The van der Waals surface area contributed by atoms with Gasteiger partial charge in [-0.1, -0.05) is 45.4 Å². The van der Waals surface area contributed by atoms with Gasteiger partial charge in [-0.15, -0.1) is 0 Å². The van der Waals surface area contributed by atoms with Crippen molar-refractivity contribution in [2.45, 2.75) is 122 Å². The number of hydroxylamine groups is 2. The molecule has 0 aromatic carbocycles. The normalized spacial score (nSPS) is 24.3. The summed E-state index contributed by atoms with van der Waals surface area (Å²) in [6.45, 7) is 7.42. The molecule has 6 rings (SSSR count). The van der Waals surface area contributed by atoms with Gasteiger partial charge in [-0.25, -0.2) is 0 Å². The van der Waals surface area contributed by atoms with Crippen LogP contribution in [0.25, 0.3) is 0 Å². The predicted octanol–water partition coefficient (Wildman–Crippen LogP) is 0.589. The van der Waals surface area contributed by atoms with Crippen molar-refractivity contribution in [3.05, 3.63) is 5.21 Å². The van der Waals surface area contributed by atoms with Gasteiger partial charge in [0.15, 0.2) is 6.29 Å². The van der Waals surface area contributed by atoms with Crippen LogP contribution in [0.2, 0.25) is 0 Å². The van der Waals surface area contributed by atoms with Gasteiger partial charge >= 0.3 is 51.4 Å². The molecule has 0 aromatic heterocycles. The summed E-state index contributed by atoms with van der Waals surface area (Å²) in [5.41, 5.74) is 0.635. The summed E-state index contributed by atoms with van der Waals surface area (Å²) >= 11 is 0. The molecule has 6 fully saturated rings. The summed E-state index contributed by atoms with van der Waals surface area (Å²) in [4.78, 5) is 55.9. The van der Waals surface area contributed by atoms with Gasteiger partial charge < -0.3 is 31.1 Å². The molecule has 3 atom stereocenters. The molecular formula is C34H60KN5O6. The molecule has 46 heavy (non-hydrogen) atoms. The zero-order valence-corrected chi connectivity index (χ0v) is 32.4. The first-order chi connectivity index (χ1) is 21.6. The Kier molecular flexibility index (Phi) is 22.2. The molecule has 0 radical (unpaired) electrons. The number of hydrogen-bond acceptors (Lipinski definition) is 8. The molecule has 1 spiro atoms. The van der Waals surface area contributed by atoms with E-state index in [0.29, 0.717) is 29.4 Å². The molecule has 258 valence electrons. The number of carbonyl (C=O) groups is 5. The van der Waals surface area contributed by atoms with Gasteiger partial charge in [0.05, 0.1) is 6.04 Å². The smallest absolute Gasteiger partial charge is 0.785 e. The van der Waals surface area contributed by atoms with E-state index < -0.39 is 11.8 Å².